The molecule has 1 aromatic carbocycles. The summed E-state index contributed by atoms with van der Waals surface area (Å²) in [4.78, 5) is 0.218. The van der Waals surface area contributed by atoms with Crippen molar-refractivity contribution in [3.8, 4) is 0 Å². The minimum Gasteiger partial charge on any atom is -0.298 e. The summed E-state index contributed by atoms with van der Waals surface area (Å²) in [6.07, 6.45) is 1.66. The molecule has 0 aliphatic heterocycles. The fraction of sp³-hybridized carbons (Fsp3) is 0.571. The normalized spacial score (nSPS) is 13.1. The third-order valence-electron chi connectivity index (χ3n) is 2.93. The number of hydrogen-bond donors (Lipinski definition) is 1. The van der Waals surface area contributed by atoms with Crippen LogP contribution in [0.1, 0.15) is 19.8 Å². The number of nitrogens with zero attached hydrogens (tertiary/aromatic N) is 1. The molecule has 26 heavy (non-hydrogen) atoms. The van der Waals surface area contributed by atoms with Crippen LogP contribution in [0.5, 0.6) is 0 Å². The van der Waals surface area contributed by atoms with Gasteiger partial charge in [-0.25, -0.2) is 0 Å². The molecule has 1 aromatic rings. The molecule has 0 amide bonds. The molecule has 0 heterocycles. The first-order valence-electron chi connectivity index (χ1n) is 7.37. The van der Waals surface area contributed by atoms with Gasteiger partial charge in [0.15, 0.2) is 0 Å². The first-order valence-corrected chi connectivity index (χ1v) is 10.2. The fourth-order valence-corrected chi connectivity index (χ4v) is 2.38. The molecule has 0 aliphatic rings. The first-order chi connectivity index (χ1) is 11.5. The molecule has 152 valence electrons. The highest BCUT2D eigenvalue weighted by Crippen LogP contribution is 2.21. The van der Waals surface area contributed by atoms with Crippen molar-refractivity contribution in [1.29, 1.82) is 0 Å². The Morgan fingerprint density at radius 3 is 1.77 bits per heavy atom. The van der Waals surface area contributed by atoms with Crippen molar-refractivity contribution in [2.75, 3.05) is 27.7 Å². The van der Waals surface area contributed by atoms with E-state index in [0.29, 0.717) is 4.48 Å². The van der Waals surface area contributed by atoms with E-state index >= 15 is 0 Å². The van der Waals surface area contributed by atoms with Crippen molar-refractivity contribution >= 4 is 25.9 Å². The Hall–Kier alpha value is -1.21. The maximum atomic E-state index is 11.8. The second-order valence-corrected chi connectivity index (χ2v) is 9.09. The van der Waals surface area contributed by atoms with Crippen molar-refractivity contribution in [3.05, 3.63) is 24.3 Å². The van der Waals surface area contributed by atoms with Crippen LogP contribution in [0.15, 0.2) is 29.2 Å². The Morgan fingerprint density at radius 2 is 1.46 bits per heavy atom. The average Bonchev–Trinajstić information content (AvgIpc) is 2.45. The summed E-state index contributed by atoms with van der Waals surface area (Å²) >= 11 is 0. The minimum atomic E-state index is -5.84. The number of hydrogen-bond acceptors (Lipinski definition) is 5. The van der Waals surface area contributed by atoms with E-state index in [1.54, 1.807) is 12.1 Å². The molecular formula is C14H23F3NO6S2+. The first kappa shape index (κ1) is 24.8. The number of halogens is 3. The molecule has 0 unspecified atom stereocenters. The third kappa shape index (κ3) is 8.45. The van der Waals surface area contributed by atoms with Gasteiger partial charge in [0.05, 0.1) is 32.6 Å². The zero-order chi connectivity index (χ0) is 20.8. The van der Waals surface area contributed by atoms with Crippen molar-refractivity contribution in [2.45, 2.75) is 30.2 Å². The topological polar surface area (TPSA) is 97.7 Å². The van der Waals surface area contributed by atoms with Crippen molar-refractivity contribution in [1.82, 2.24) is 4.48 Å². The minimum absolute atomic E-state index is 0.218. The summed E-state index contributed by atoms with van der Waals surface area (Å²) < 4.78 is 86.8. The molecule has 1 N–H and O–H groups in total. The molecule has 7 nitrogen and oxygen atoms in total. The van der Waals surface area contributed by atoms with Crippen LogP contribution < -0.4 is 4.48 Å². The highest BCUT2D eigenvalue weighted by molar-refractivity contribution is 7.87. The molecule has 12 heteroatoms. The van der Waals surface area contributed by atoms with E-state index in [9.17, 15) is 21.6 Å². The maximum absolute atomic E-state index is 11.8. The number of benzene rings is 1. The molecule has 0 atom stereocenters. The van der Waals surface area contributed by atoms with Gasteiger partial charge in [-0.3, -0.25) is 13.2 Å². The Labute approximate surface area is 151 Å². The molecule has 0 aromatic heterocycles. The third-order valence-corrected chi connectivity index (χ3v) is 4.84. The number of unbranched alkanes of at least 4 members (excludes halogenated alkanes) is 1. The summed E-state index contributed by atoms with van der Waals surface area (Å²) in [5.74, 6) is 0. The lowest BCUT2D eigenvalue weighted by Gasteiger charge is -2.23. The Bertz CT molecular complexity index is 766. The van der Waals surface area contributed by atoms with Crippen molar-refractivity contribution < 1.29 is 38.7 Å². The number of quaternary nitrogens is 1. The molecule has 0 saturated carbocycles. The lowest BCUT2D eigenvalue weighted by molar-refractivity contribution is -0.0510. The zero-order valence-corrected chi connectivity index (χ0v) is 16.4. The van der Waals surface area contributed by atoms with Crippen LogP contribution in [0.3, 0.4) is 0 Å². The largest absolute Gasteiger partial charge is 0.522 e. The van der Waals surface area contributed by atoms with Gasteiger partial charge in [0, 0.05) is 12.1 Å². The highest BCUT2D eigenvalue weighted by atomic mass is 32.2. The van der Waals surface area contributed by atoms with Crippen LogP contribution in [0, 0.1) is 0 Å². The maximum Gasteiger partial charge on any atom is 0.522 e. The van der Waals surface area contributed by atoms with E-state index in [1.807, 2.05) is 40.2 Å². The molecule has 0 spiro atoms. The predicted molar refractivity (Wildman–Crippen MR) is 91.7 cm³/mol. The van der Waals surface area contributed by atoms with Gasteiger partial charge in [0.25, 0.3) is 10.1 Å². The lowest BCUT2D eigenvalue weighted by atomic mass is 10.3. The van der Waals surface area contributed by atoms with Gasteiger partial charge in [0.1, 0.15) is 5.69 Å². The highest BCUT2D eigenvalue weighted by Gasteiger charge is 2.44. The smallest absolute Gasteiger partial charge is 0.298 e. The van der Waals surface area contributed by atoms with E-state index in [1.165, 1.54) is 0 Å². The Morgan fingerprint density at radius 1 is 1.04 bits per heavy atom. The lowest BCUT2D eigenvalue weighted by Crippen LogP contribution is -2.34. The summed E-state index contributed by atoms with van der Waals surface area (Å²) in [7, 11) is -3.35. The van der Waals surface area contributed by atoms with Gasteiger partial charge in [-0.2, -0.15) is 30.0 Å². The van der Waals surface area contributed by atoms with Gasteiger partial charge < -0.3 is 0 Å². The van der Waals surface area contributed by atoms with E-state index in [0.717, 1.165) is 18.5 Å². The van der Waals surface area contributed by atoms with Crippen LogP contribution in [-0.4, -0.2) is 54.6 Å². The van der Waals surface area contributed by atoms with E-state index in [4.69, 9.17) is 17.2 Å². The fourth-order valence-electron chi connectivity index (χ4n) is 1.44. The summed E-state index contributed by atoms with van der Waals surface area (Å²) in [6.45, 7) is 2.24. The van der Waals surface area contributed by atoms with Crippen LogP contribution in [0.4, 0.5) is 18.9 Å². The van der Waals surface area contributed by atoms with Gasteiger partial charge >= 0.3 is 15.6 Å². The Balaban J connectivity index is 0.000000660. The van der Waals surface area contributed by atoms with Crippen LogP contribution in [0.25, 0.3) is 0 Å². The standard InChI is InChI=1S/C13H22NO3S.CHF3O3S/c1-5-6-11-17-18(15,16)13-9-7-12(8-10-13)14(2,3)4;2-1(3,4)8(5,6)7/h7-10H,5-6,11H2,1-4H3;(H,5,6,7)/q+1;. The van der Waals surface area contributed by atoms with Gasteiger partial charge in [0.2, 0.25) is 0 Å². The monoisotopic (exact) mass is 422 g/mol. The summed E-state index contributed by atoms with van der Waals surface area (Å²) in [5, 5.41) is 0. The van der Waals surface area contributed by atoms with Crippen molar-refractivity contribution in [3.63, 3.8) is 0 Å². The summed E-state index contributed by atoms with van der Waals surface area (Å²) in [5.41, 5.74) is -4.49. The molecule has 0 aliphatic carbocycles. The molecule has 0 bridgehead atoms. The zero-order valence-electron chi connectivity index (χ0n) is 14.8. The average molecular weight is 422 g/mol. The van der Waals surface area contributed by atoms with E-state index < -0.39 is 25.7 Å². The van der Waals surface area contributed by atoms with Crippen LogP contribution in [0.2, 0.25) is 0 Å². The van der Waals surface area contributed by atoms with E-state index in [-0.39, 0.29) is 11.5 Å². The van der Waals surface area contributed by atoms with Crippen molar-refractivity contribution in [2.24, 2.45) is 0 Å². The van der Waals surface area contributed by atoms with Crippen LogP contribution in [-0.2, 0) is 24.4 Å². The SMILES string of the molecule is CCCCOS(=O)(=O)c1ccc([N+](C)(C)C)cc1.O=S(=O)(O)C(F)(F)F. The molecular weight excluding hydrogens is 399 g/mol. The molecule has 0 radical (unpaired) electrons. The molecule has 1 rings (SSSR count). The van der Waals surface area contributed by atoms with Gasteiger partial charge in [-0.05, 0) is 18.6 Å². The van der Waals surface area contributed by atoms with Gasteiger partial charge in [-0.15, -0.1) is 0 Å². The van der Waals surface area contributed by atoms with Crippen LogP contribution >= 0.6 is 0 Å². The number of rotatable bonds is 6. The van der Waals surface area contributed by atoms with E-state index in [2.05, 4.69) is 0 Å². The second kappa shape index (κ2) is 9.13. The predicted octanol–water partition coefficient (Wildman–Crippen LogP) is 2.78. The number of alkyl halides is 3. The molecule has 0 saturated heterocycles. The molecule has 0 fully saturated rings. The van der Waals surface area contributed by atoms with Gasteiger partial charge in [-0.1, -0.05) is 13.3 Å². The quantitative estimate of drug-likeness (QED) is 0.249. The second-order valence-electron chi connectivity index (χ2n) is 6.06. The summed E-state index contributed by atoms with van der Waals surface area (Å²) in [6, 6.07) is 6.83. The Kier molecular flexibility index (Phi) is 8.70.